The normalized spacial score (nSPS) is 13.4. The Hall–Kier alpha value is -2.36. The molecule has 0 spiro atoms. The summed E-state index contributed by atoms with van der Waals surface area (Å²) in [7, 11) is 1.55. The number of thiazole rings is 1. The van der Waals surface area contributed by atoms with Crippen LogP contribution < -0.4 is 15.4 Å². The number of halogens is 4. The lowest BCUT2D eigenvalue weighted by molar-refractivity contribution is -0.140. The molecule has 0 aliphatic rings. The molecule has 0 amide bonds. The van der Waals surface area contributed by atoms with Gasteiger partial charge in [-0.1, -0.05) is 0 Å². The zero-order valence-electron chi connectivity index (χ0n) is 14.1. The fourth-order valence-electron chi connectivity index (χ4n) is 1.93. The van der Waals surface area contributed by atoms with Crippen molar-refractivity contribution in [3.8, 4) is 5.75 Å². The molecule has 0 aliphatic carbocycles. The predicted octanol–water partition coefficient (Wildman–Crippen LogP) is 3.43. The molecule has 1 atom stereocenters. The molecule has 2 N–H and O–H groups in total. The van der Waals surface area contributed by atoms with Crippen LogP contribution in [0.3, 0.4) is 0 Å². The highest BCUT2D eigenvalue weighted by Crippen LogP contribution is 2.29. The number of guanidine groups is 1. The van der Waals surface area contributed by atoms with Gasteiger partial charge < -0.3 is 15.4 Å². The summed E-state index contributed by atoms with van der Waals surface area (Å²) in [6, 6.07) is 5.66. The minimum Gasteiger partial charge on any atom is -0.489 e. The number of rotatable bonds is 6. The molecule has 0 fully saturated rings. The molecule has 5 nitrogen and oxygen atoms in total. The second-order valence-electron chi connectivity index (χ2n) is 5.31. The molecule has 10 heteroatoms. The lowest BCUT2D eigenvalue weighted by Gasteiger charge is -2.17. The molecule has 0 aliphatic heterocycles. The van der Waals surface area contributed by atoms with Crippen molar-refractivity contribution in [1.82, 2.24) is 15.6 Å². The fourth-order valence-corrected chi connectivity index (χ4v) is 2.67. The van der Waals surface area contributed by atoms with Gasteiger partial charge in [0.05, 0.1) is 13.1 Å². The number of ether oxygens (including phenoxy) is 1. The number of nitrogens with zero attached hydrogens (tertiary/aromatic N) is 2. The summed E-state index contributed by atoms with van der Waals surface area (Å²) in [6.45, 7) is 2.33. The van der Waals surface area contributed by atoms with Crippen molar-refractivity contribution in [1.29, 1.82) is 0 Å². The number of hydrogen-bond acceptors (Lipinski definition) is 4. The fraction of sp³-hybridized carbons (Fsp3) is 0.375. The predicted molar refractivity (Wildman–Crippen MR) is 91.8 cm³/mol. The first kappa shape index (κ1) is 20.0. The van der Waals surface area contributed by atoms with Crippen LogP contribution in [-0.2, 0) is 12.7 Å². The van der Waals surface area contributed by atoms with E-state index in [1.807, 2.05) is 6.92 Å². The van der Waals surface area contributed by atoms with Gasteiger partial charge in [-0.15, -0.1) is 11.3 Å². The number of nitrogens with one attached hydrogen (secondary N) is 2. The highest BCUT2D eigenvalue weighted by Gasteiger charge is 2.33. The van der Waals surface area contributed by atoms with Gasteiger partial charge in [0, 0.05) is 12.4 Å². The first-order valence-corrected chi connectivity index (χ1v) is 8.54. The van der Waals surface area contributed by atoms with Crippen LogP contribution in [0.5, 0.6) is 5.75 Å². The van der Waals surface area contributed by atoms with Gasteiger partial charge in [0.1, 0.15) is 22.7 Å². The minimum atomic E-state index is -4.44. The van der Waals surface area contributed by atoms with Gasteiger partial charge in [-0.05, 0) is 31.2 Å². The van der Waals surface area contributed by atoms with Crippen LogP contribution in [0.15, 0.2) is 34.6 Å². The second kappa shape index (κ2) is 8.84. The van der Waals surface area contributed by atoms with Gasteiger partial charge in [-0.2, -0.15) is 13.2 Å². The monoisotopic (exact) mass is 390 g/mol. The average Bonchev–Trinajstić information content (AvgIpc) is 3.06. The Labute approximate surface area is 152 Å². The van der Waals surface area contributed by atoms with Gasteiger partial charge in [0.25, 0.3) is 0 Å². The van der Waals surface area contributed by atoms with Crippen molar-refractivity contribution in [2.24, 2.45) is 4.99 Å². The van der Waals surface area contributed by atoms with Crippen LogP contribution >= 0.6 is 11.3 Å². The Bertz CT molecular complexity index is 731. The van der Waals surface area contributed by atoms with Crippen molar-refractivity contribution in [3.05, 3.63) is 46.2 Å². The van der Waals surface area contributed by atoms with Crippen LogP contribution in [0.25, 0.3) is 0 Å². The van der Waals surface area contributed by atoms with Crippen molar-refractivity contribution in [2.75, 3.05) is 13.6 Å². The van der Waals surface area contributed by atoms with Crippen molar-refractivity contribution < 1.29 is 22.3 Å². The summed E-state index contributed by atoms with van der Waals surface area (Å²) >= 11 is 0.924. The summed E-state index contributed by atoms with van der Waals surface area (Å²) in [6.07, 6.45) is -4.68. The Morgan fingerprint density at radius 3 is 2.54 bits per heavy atom. The van der Waals surface area contributed by atoms with Crippen molar-refractivity contribution in [3.63, 3.8) is 0 Å². The first-order chi connectivity index (χ1) is 12.3. The zero-order valence-corrected chi connectivity index (χ0v) is 14.9. The molecule has 0 bridgehead atoms. The Morgan fingerprint density at radius 1 is 1.27 bits per heavy atom. The number of benzene rings is 1. The van der Waals surface area contributed by atoms with Crippen LogP contribution in [-0.4, -0.2) is 30.6 Å². The van der Waals surface area contributed by atoms with Gasteiger partial charge in [-0.3, -0.25) is 4.99 Å². The third-order valence-corrected chi connectivity index (χ3v) is 4.03. The van der Waals surface area contributed by atoms with E-state index in [0.717, 1.165) is 16.7 Å². The number of aliphatic imine (C=N–C) groups is 1. The maximum absolute atomic E-state index is 12.9. The summed E-state index contributed by atoms with van der Waals surface area (Å²) in [5.74, 6) is 0.595. The van der Waals surface area contributed by atoms with Gasteiger partial charge in [0.2, 0.25) is 0 Å². The third-order valence-electron chi connectivity index (χ3n) is 3.18. The summed E-state index contributed by atoms with van der Waals surface area (Å²) < 4.78 is 56.1. The third kappa shape index (κ3) is 6.17. The van der Waals surface area contributed by atoms with Gasteiger partial charge in [0.15, 0.2) is 11.7 Å². The molecule has 1 aromatic heterocycles. The van der Waals surface area contributed by atoms with Crippen LogP contribution in [0.1, 0.15) is 17.6 Å². The lowest BCUT2D eigenvalue weighted by Crippen LogP contribution is -2.41. The number of hydrogen-bond donors (Lipinski definition) is 2. The molecule has 142 valence electrons. The molecule has 0 saturated carbocycles. The van der Waals surface area contributed by atoms with E-state index < -0.39 is 11.9 Å². The maximum atomic E-state index is 12.9. The van der Waals surface area contributed by atoms with E-state index in [2.05, 4.69) is 20.6 Å². The number of aromatic nitrogens is 1. The lowest BCUT2D eigenvalue weighted by atomic mass is 10.3. The smallest absolute Gasteiger partial charge is 0.434 e. The van der Waals surface area contributed by atoms with E-state index in [-0.39, 0.29) is 18.5 Å². The van der Waals surface area contributed by atoms with Gasteiger partial charge >= 0.3 is 6.18 Å². The molecule has 2 rings (SSSR count). The van der Waals surface area contributed by atoms with E-state index in [1.165, 1.54) is 24.3 Å². The maximum Gasteiger partial charge on any atom is 0.434 e. The molecule has 0 saturated heterocycles. The Kier molecular flexibility index (Phi) is 6.78. The van der Waals surface area contributed by atoms with E-state index in [1.54, 1.807) is 7.05 Å². The highest BCUT2D eigenvalue weighted by molar-refractivity contribution is 7.09. The topological polar surface area (TPSA) is 58.5 Å². The molecule has 1 unspecified atom stereocenters. The first-order valence-electron chi connectivity index (χ1n) is 7.66. The standard InChI is InChI=1S/C16H18F4N4OS/c1-10(25-12-5-3-11(17)4-6-12)7-22-15(21-2)23-8-14-24-13(9-26-14)16(18,19)20/h3-6,9-10H,7-8H2,1-2H3,(H2,21,22,23). The quantitative estimate of drug-likeness (QED) is 0.451. The van der Waals surface area contributed by atoms with E-state index in [0.29, 0.717) is 23.3 Å². The molecule has 2 aromatic rings. The average molecular weight is 390 g/mol. The molecular formula is C16H18F4N4OS. The van der Waals surface area contributed by atoms with Crippen LogP contribution in [0.2, 0.25) is 0 Å². The molecular weight excluding hydrogens is 372 g/mol. The molecule has 1 aromatic carbocycles. The number of alkyl halides is 3. The van der Waals surface area contributed by atoms with Crippen LogP contribution in [0.4, 0.5) is 17.6 Å². The summed E-state index contributed by atoms with van der Waals surface area (Å²) in [5, 5.41) is 7.17. The SMILES string of the molecule is CN=C(NCc1nc(C(F)(F)F)cs1)NCC(C)Oc1ccc(F)cc1. The van der Waals surface area contributed by atoms with Crippen LogP contribution in [0, 0.1) is 5.82 Å². The van der Waals surface area contributed by atoms with E-state index in [9.17, 15) is 17.6 Å². The van der Waals surface area contributed by atoms with Gasteiger partial charge in [-0.25, -0.2) is 9.37 Å². The summed E-state index contributed by atoms with van der Waals surface area (Å²) in [4.78, 5) is 7.53. The van der Waals surface area contributed by atoms with E-state index >= 15 is 0 Å². The molecule has 26 heavy (non-hydrogen) atoms. The molecule has 0 radical (unpaired) electrons. The second-order valence-corrected chi connectivity index (χ2v) is 6.26. The zero-order chi connectivity index (χ0) is 19.2. The minimum absolute atomic E-state index is 0.119. The molecule has 1 heterocycles. The van der Waals surface area contributed by atoms with Crippen molar-refractivity contribution in [2.45, 2.75) is 25.7 Å². The largest absolute Gasteiger partial charge is 0.489 e. The van der Waals surface area contributed by atoms with Crippen molar-refractivity contribution >= 4 is 17.3 Å². The summed E-state index contributed by atoms with van der Waals surface area (Å²) in [5.41, 5.74) is -0.899. The van der Waals surface area contributed by atoms with E-state index in [4.69, 9.17) is 4.74 Å². The Morgan fingerprint density at radius 2 is 1.96 bits per heavy atom. The Balaban J connectivity index is 1.78. The highest BCUT2D eigenvalue weighted by atomic mass is 32.1.